The van der Waals surface area contributed by atoms with Crippen molar-refractivity contribution >= 4 is 34.0 Å². The van der Waals surface area contributed by atoms with E-state index in [-0.39, 0.29) is 24.0 Å². The van der Waals surface area contributed by atoms with Gasteiger partial charge in [-0.2, -0.15) is 13.2 Å². The summed E-state index contributed by atoms with van der Waals surface area (Å²) in [5.41, 5.74) is 1.74. The lowest BCUT2D eigenvalue weighted by molar-refractivity contribution is -0.134. The number of halogens is 3. The number of carbonyl (C=O) groups is 2. The Hall–Kier alpha value is -2.42. The first-order chi connectivity index (χ1) is 11.7. The number of anilines is 2. The second-order valence-corrected chi connectivity index (χ2v) is 6.79. The average molecular weight is 369 g/mol. The van der Waals surface area contributed by atoms with Crippen molar-refractivity contribution in [2.24, 2.45) is 5.92 Å². The minimum atomic E-state index is -4.49. The Labute approximate surface area is 145 Å². The third-order valence-corrected chi connectivity index (χ3v) is 4.81. The van der Waals surface area contributed by atoms with Gasteiger partial charge in [-0.25, -0.2) is 4.98 Å². The van der Waals surface area contributed by atoms with Crippen LogP contribution < -0.4 is 10.2 Å². The van der Waals surface area contributed by atoms with Crippen LogP contribution in [0.25, 0.3) is 0 Å². The van der Waals surface area contributed by atoms with E-state index >= 15 is 0 Å². The molecule has 1 aliphatic rings. The lowest BCUT2D eigenvalue weighted by Crippen LogP contribution is -2.28. The highest BCUT2D eigenvalue weighted by Crippen LogP contribution is 2.35. The van der Waals surface area contributed by atoms with Gasteiger partial charge in [-0.1, -0.05) is 29.0 Å². The molecule has 1 saturated heterocycles. The summed E-state index contributed by atoms with van der Waals surface area (Å²) in [6.45, 7) is 2.11. The second-order valence-electron chi connectivity index (χ2n) is 5.76. The molecule has 0 bridgehead atoms. The molecule has 1 fully saturated rings. The Bertz CT molecular complexity index is 802. The van der Waals surface area contributed by atoms with E-state index in [1.807, 2.05) is 19.1 Å². The SMILES string of the molecule is Cc1ccc(N2CC(C(=O)Nc3ncc(C(F)(F)F)s3)CC2=O)cc1. The van der Waals surface area contributed by atoms with Crippen LogP contribution in [0.2, 0.25) is 0 Å². The fraction of sp³-hybridized carbons (Fsp3) is 0.312. The Morgan fingerprint density at radius 3 is 2.60 bits per heavy atom. The molecule has 132 valence electrons. The molecule has 9 heteroatoms. The molecule has 0 spiro atoms. The summed E-state index contributed by atoms with van der Waals surface area (Å²) < 4.78 is 37.7. The number of hydrogen-bond donors (Lipinski definition) is 1. The fourth-order valence-corrected chi connectivity index (χ4v) is 3.21. The normalized spacial score (nSPS) is 17.8. The number of benzene rings is 1. The number of thiazole rings is 1. The zero-order valence-corrected chi connectivity index (χ0v) is 13.9. The summed E-state index contributed by atoms with van der Waals surface area (Å²) in [6.07, 6.45) is -3.80. The Morgan fingerprint density at radius 2 is 2.00 bits per heavy atom. The quantitative estimate of drug-likeness (QED) is 0.901. The first-order valence-corrected chi connectivity index (χ1v) is 8.26. The number of alkyl halides is 3. The van der Waals surface area contributed by atoms with Crippen LogP contribution in [0.3, 0.4) is 0 Å². The van der Waals surface area contributed by atoms with Crippen LogP contribution in [0.15, 0.2) is 30.5 Å². The molecule has 0 aliphatic carbocycles. The molecule has 1 unspecified atom stereocenters. The van der Waals surface area contributed by atoms with Crippen molar-refractivity contribution in [2.45, 2.75) is 19.5 Å². The molecule has 2 aromatic rings. The van der Waals surface area contributed by atoms with E-state index < -0.39 is 22.9 Å². The van der Waals surface area contributed by atoms with E-state index in [2.05, 4.69) is 10.3 Å². The third kappa shape index (κ3) is 3.81. The van der Waals surface area contributed by atoms with Gasteiger partial charge in [0.1, 0.15) is 4.88 Å². The molecule has 1 aromatic heterocycles. The summed E-state index contributed by atoms with van der Waals surface area (Å²) in [7, 11) is 0. The molecule has 0 saturated carbocycles. The lowest BCUT2D eigenvalue weighted by atomic mass is 10.1. The lowest BCUT2D eigenvalue weighted by Gasteiger charge is -2.16. The zero-order valence-electron chi connectivity index (χ0n) is 13.1. The van der Waals surface area contributed by atoms with Crippen LogP contribution in [0, 0.1) is 12.8 Å². The maximum absolute atomic E-state index is 12.6. The van der Waals surface area contributed by atoms with E-state index in [1.54, 1.807) is 12.1 Å². The molecule has 1 atom stereocenters. The highest BCUT2D eigenvalue weighted by Gasteiger charge is 2.36. The van der Waals surface area contributed by atoms with E-state index in [0.717, 1.165) is 5.56 Å². The van der Waals surface area contributed by atoms with Gasteiger partial charge >= 0.3 is 6.18 Å². The van der Waals surface area contributed by atoms with Crippen LogP contribution in [0.5, 0.6) is 0 Å². The zero-order chi connectivity index (χ0) is 18.2. The Morgan fingerprint density at radius 1 is 1.32 bits per heavy atom. The number of amides is 2. The van der Waals surface area contributed by atoms with Crippen molar-refractivity contribution in [1.82, 2.24) is 4.98 Å². The summed E-state index contributed by atoms with van der Waals surface area (Å²) in [5.74, 6) is -1.34. The molecular formula is C16H14F3N3O2S. The van der Waals surface area contributed by atoms with Gasteiger partial charge in [0.15, 0.2) is 5.13 Å². The van der Waals surface area contributed by atoms with Crippen LogP contribution >= 0.6 is 11.3 Å². The standard InChI is InChI=1S/C16H14F3N3O2S/c1-9-2-4-11(5-3-9)22-8-10(6-13(22)23)14(24)21-15-20-7-12(25-15)16(17,18)19/h2-5,7,10H,6,8H2,1H3,(H,20,21,24). The molecule has 1 aromatic carbocycles. The van der Waals surface area contributed by atoms with Gasteiger partial charge < -0.3 is 10.2 Å². The van der Waals surface area contributed by atoms with Gasteiger partial charge in [0.05, 0.1) is 12.1 Å². The van der Waals surface area contributed by atoms with Gasteiger partial charge in [0.25, 0.3) is 0 Å². The van der Waals surface area contributed by atoms with Crippen molar-refractivity contribution in [3.05, 3.63) is 40.9 Å². The minimum Gasteiger partial charge on any atom is -0.312 e. The predicted octanol–water partition coefficient (Wildman–Crippen LogP) is 3.46. The Balaban J connectivity index is 1.66. The van der Waals surface area contributed by atoms with Crippen LogP contribution in [0.1, 0.15) is 16.9 Å². The summed E-state index contributed by atoms with van der Waals surface area (Å²) in [6, 6.07) is 7.32. The van der Waals surface area contributed by atoms with Crippen molar-refractivity contribution < 1.29 is 22.8 Å². The molecule has 5 nitrogen and oxygen atoms in total. The highest BCUT2D eigenvalue weighted by molar-refractivity contribution is 7.15. The van der Waals surface area contributed by atoms with Gasteiger partial charge in [0.2, 0.25) is 11.8 Å². The first kappa shape index (κ1) is 17.4. The van der Waals surface area contributed by atoms with E-state index in [4.69, 9.17) is 0 Å². The van der Waals surface area contributed by atoms with E-state index in [0.29, 0.717) is 23.2 Å². The predicted molar refractivity (Wildman–Crippen MR) is 87.4 cm³/mol. The van der Waals surface area contributed by atoms with Crippen molar-refractivity contribution in [1.29, 1.82) is 0 Å². The van der Waals surface area contributed by atoms with E-state index in [9.17, 15) is 22.8 Å². The number of nitrogens with one attached hydrogen (secondary N) is 1. The number of rotatable bonds is 3. The van der Waals surface area contributed by atoms with Gasteiger partial charge in [-0.05, 0) is 19.1 Å². The van der Waals surface area contributed by atoms with Gasteiger partial charge in [-0.3, -0.25) is 9.59 Å². The molecular weight excluding hydrogens is 355 g/mol. The minimum absolute atomic E-state index is 0.0111. The largest absolute Gasteiger partial charge is 0.427 e. The maximum Gasteiger partial charge on any atom is 0.427 e. The average Bonchev–Trinajstić information content (AvgIpc) is 3.15. The van der Waals surface area contributed by atoms with Gasteiger partial charge in [-0.15, -0.1) is 0 Å². The van der Waals surface area contributed by atoms with Crippen LogP contribution in [-0.4, -0.2) is 23.3 Å². The van der Waals surface area contributed by atoms with Crippen LogP contribution in [0.4, 0.5) is 24.0 Å². The molecule has 25 heavy (non-hydrogen) atoms. The number of nitrogens with zero attached hydrogens (tertiary/aromatic N) is 2. The molecule has 1 N–H and O–H groups in total. The molecule has 2 heterocycles. The molecule has 1 aliphatic heterocycles. The van der Waals surface area contributed by atoms with E-state index in [1.165, 1.54) is 4.90 Å². The first-order valence-electron chi connectivity index (χ1n) is 7.45. The monoisotopic (exact) mass is 369 g/mol. The summed E-state index contributed by atoms with van der Waals surface area (Å²) >= 11 is 0.360. The highest BCUT2D eigenvalue weighted by atomic mass is 32.1. The van der Waals surface area contributed by atoms with Crippen molar-refractivity contribution in [3.63, 3.8) is 0 Å². The van der Waals surface area contributed by atoms with Crippen molar-refractivity contribution in [3.8, 4) is 0 Å². The summed E-state index contributed by atoms with van der Waals surface area (Å²) in [5, 5.41) is 2.24. The van der Waals surface area contributed by atoms with Crippen molar-refractivity contribution in [2.75, 3.05) is 16.8 Å². The smallest absolute Gasteiger partial charge is 0.312 e. The van der Waals surface area contributed by atoms with Gasteiger partial charge in [0, 0.05) is 18.7 Å². The molecule has 2 amide bonds. The third-order valence-electron chi connectivity index (χ3n) is 3.86. The molecule has 0 radical (unpaired) electrons. The number of aromatic nitrogens is 1. The molecule has 3 rings (SSSR count). The number of hydrogen-bond acceptors (Lipinski definition) is 4. The second kappa shape index (κ2) is 6.47. The number of carbonyl (C=O) groups excluding carboxylic acids is 2. The number of aryl methyl sites for hydroxylation is 1. The topological polar surface area (TPSA) is 62.3 Å². The maximum atomic E-state index is 12.6. The summed E-state index contributed by atoms with van der Waals surface area (Å²) in [4.78, 5) is 28.6. The fourth-order valence-electron chi connectivity index (χ4n) is 2.53. The van der Waals surface area contributed by atoms with Crippen LogP contribution in [-0.2, 0) is 15.8 Å². The Kier molecular flexibility index (Phi) is 4.51.